The summed E-state index contributed by atoms with van der Waals surface area (Å²) >= 11 is 1.79. The van der Waals surface area contributed by atoms with E-state index in [0.717, 1.165) is 61.2 Å². The third kappa shape index (κ3) is 4.33. The number of para-hydroxylation sites is 2. The van der Waals surface area contributed by atoms with Crippen LogP contribution in [-0.4, -0.2) is 4.98 Å². The van der Waals surface area contributed by atoms with Gasteiger partial charge in [-0.2, -0.15) is 0 Å². The zero-order valence-electron chi connectivity index (χ0n) is 25.6. The molecule has 10 rings (SSSR count). The highest BCUT2D eigenvalue weighted by Gasteiger charge is 2.18. The summed E-state index contributed by atoms with van der Waals surface area (Å²) < 4.78 is 14.9. The highest BCUT2D eigenvalue weighted by molar-refractivity contribution is 7.26. The lowest BCUT2D eigenvalue weighted by molar-refractivity contribution is 0.620. The van der Waals surface area contributed by atoms with E-state index in [4.69, 9.17) is 13.8 Å². The summed E-state index contributed by atoms with van der Waals surface area (Å²) in [5.41, 5.74) is 9.98. The van der Waals surface area contributed by atoms with Crippen molar-refractivity contribution in [1.29, 1.82) is 0 Å². The van der Waals surface area contributed by atoms with Crippen LogP contribution >= 0.6 is 11.3 Å². The summed E-state index contributed by atoms with van der Waals surface area (Å²) in [6, 6.07) is 55.0. The molecule has 0 amide bonds. The molecule has 4 nitrogen and oxygen atoms in total. The molecule has 0 aliphatic heterocycles. The molecule has 0 aliphatic rings. The molecule has 48 heavy (non-hydrogen) atoms. The number of nitrogens with zero attached hydrogens (tertiary/aromatic N) is 2. The minimum Gasteiger partial charge on any atom is -0.456 e. The molecule has 3 heterocycles. The topological polar surface area (TPSA) is 42.4 Å². The molecule has 0 spiro atoms. The molecule has 0 fully saturated rings. The summed E-state index contributed by atoms with van der Waals surface area (Å²) in [5.74, 6) is 0.644. The maximum atomic E-state index is 6.27. The number of hydrogen-bond acceptors (Lipinski definition) is 5. The van der Waals surface area contributed by atoms with Gasteiger partial charge in [-0.05, 0) is 77.9 Å². The van der Waals surface area contributed by atoms with Crippen molar-refractivity contribution >= 4 is 81.6 Å². The molecule has 0 atom stereocenters. The Morgan fingerprint density at radius 3 is 2.04 bits per heavy atom. The van der Waals surface area contributed by atoms with Crippen LogP contribution in [0.5, 0.6) is 0 Å². The Hall–Kier alpha value is -6.17. The van der Waals surface area contributed by atoms with Gasteiger partial charge in [0, 0.05) is 65.7 Å². The lowest BCUT2D eigenvalue weighted by atomic mass is 9.99. The van der Waals surface area contributed by atoms with Crippen molar-refractivity contribution in [3.05, 3.63) is 158 Å². The van der Waals surface area contributed by atoms with Gasteiger partial charge >= 0.3 is 0 Å². The zero-order valence-corrected chi connectivity index (χ0v) is 26.4. The van der Waals surface area contributed by atoms with E-state index in [2.05, 4.69) is 114 Å². The normalized spacial score (nSPS) is 11.8. The predicted octanol–water partition coefficient (Wildman–Crippen LogP) is 12.9. The van der Waals surface area contributed by atoms with Crippen LogP contribution in [0.3, 0.4) is 0 Å². The van der Waals surface area contributed by atoms with Gasteiger partial charge in [-0.3, -0.25) is 0 Å². The summed E-state index contributed by atoms with van der Waals surface area (Å²) in [7, 11) is 0. The molecule has 0 bridgehead atoms. The fraction of sp³-hybridized carbons (Fsp3) is 0. The first-order valence-corrected chi connectivity index (χ1v) is 16.8. The van der Waals surface area contributed by atoms with Crippen LogP contribution in [0.4, 0.5) is 17.1 Å². The SMILES string of the molecule is c1ccc(-c2nc3cc4c(cc3o2)sc2cccc(-c3ccc(N(c5ccccc5)c5ccc6c(c5)oc5ccccc56)cc3)c24)cc1. The molecule has 0 N–H and O–H groups in total. The quantitative estimate of drug-likeness (QED) is 0.189. The Labute approximate surface area is 279 Å². The lowest BCUT2D eigenvalue weighted by Crippen LogP contribution is -2.09. The van der Waals surface area contributed by atoms with Crippen molar-refractivity contribution in [2.24, 2.45) is 0 Å². The van der Waals surface area contributed by atoms with Crippen LogP contribution in [0.2, 0.25) is 0 Å². The van der Waals surface area contributed by atoms with Crippen molar-refractivity contribution in [2.45, 2.75) is 0 Å². The first kappa shape index (κ1) is 27.0. The Morgan fingerprint density at radius 1 is 0.458 bits per heavy atom. The van der Waals surface area contributed by atoms with Gasteiger partial charge in [-0.25, -0.2) is 4.98 Å². The third-order valence-electron chi connectivity index (χ3n) is 9.10. The molecule has 5 heteroatoms. The highest BCUT2D eigenvalue weighted by Crippen LogP contribution is 2.43. The summed E-state index contributed by atoms with van der Waals surface area (Å²) in [5, 5.41) is 4.69. The van der Waals surface area contributed by atoms with E-state index in [1.165, 1.54) is 25.7 Å². The number of fused-ring (bicyclic) bond motifs is 7. The Bertz CT molecular complexity index is 2780. The average Bonchev–Trinajstić information content (AvgIpc) is 3.84. The number of hydrogen-bond donors (Lipinski definition) is 0. The van der Waals surface area contributed by atoms with Crippen molar-refractivity contribution in [1.82, 2.24) is 4.98 Å². The van der Waals surface area contributed by atoms with E-state index in [1.54, 1.807) is 11.3 Å². The van der Waals surface area contributed by atoms with Gasteiger partial charge in [0.1, 0.15) is 16.7 Å². The number of aromatic nitrogens is 1. The van der Waals surface area contributed by atoms with Crippen LogP contribution in [0.25, 0.3) is 75.8 Å². The van der Waals surface area contributed by atoms with Crippen LogP contribution in [0, 0.1) is 0 Å². The van der Waals surface area contributed by atoms with Crippen molar-refractivity contribution in [2.75, 3.05) is 4.90 Å². The van der Waals surface area contributed by atoms with Gasteiger partial charge in [0.2, 0.25) is 5.89 Å². The molecule has 0 radical (unpaired) electrons. The fourth-order valence-corrected chi connectivity index (χ4v) is 8.00. The van der Waals surface area contributed by atoms with E-state index in [1.807, 2.05) is 48.5 Å². The van der Waals surface area contributed by atoms with Gasteiger partial charge in [-0.15, -0.1) is 11.3 Å². The molecule has 0 unspecified atom stereocenters. The van der Waals surface area contributed by atoms with Gasteiger partial charge < -0.3 is 13.7 Å². The molecule has 3 aromatic heterocycles. The predicted molar refractivity (Wildman–Crippen MR) is 200 cm³/mol. The number of rotatable bonds is 5. The summed E-state index contributed by atoms with van der Waals surface area (Å²) in [4.78, 5) is 7.15. The van der Waals surface area contributed by atoms with Crippen molar-refractivity contribution in [3.8, 4) is 22.6 Å². The summed E-state index contributed by atoms with van der Waals surface area (Å²) in [6.45, 7) is 0. The van der Waals surface area contributed by atoms with E-state index >= 15 is 0 Å². The largest absolute Gasteiger partial charge is 0.456 e. The Morgan fingerprint density at radius 2 is 1.19 bits per heavy atom. The van der Waals surface area contributed by atoms with Crippen LogP contribution in [-0.2, 0) is 0 Å². The van der Waals surface area contributed by atoms with Crippen LogP contribution < -0.4 is 4.90 Å². The van der Waals surface area contributed by atoms with Crippen molar-refractivity contribution in [3.63, 3.8) is 0 Å². The standard InChI is InChI=1S/C43H26N2O2S/c1-3-10-28(11-4-1)43-44-36-25-35-41(26-39(36)47-43)48-40-17-9-15-32(42(35)40)27-18-20-30(21-19-27)45(29-12-5-2-6-13-29)31-22-23-34-33-14-7-8-16-37(33)46-38(34)24-31/h1-26H. The van der Waals surface area contributed by atoms with Gasteiger partial charge in [-0.1, -0.05) is 78.9 Å². The van der Waals surface area contributed by atoms with Crippen molar-refractivity contribution < 1.29 is 8.83 Å². The number of thiophene rings is 1. The van der Waals surface area contributed by atoms with Gasteiger partial charge in [0.15, 0.2) is 5.58 Å². The highest BCUT2D eigenvalue weighted by atomic mass is 32.1. The third-order valence-corrected chi connectivity index (χ3v) is 10.2. The molecule has 0 saturated heterocycles. The molecule has 10 aromatic rings. The number of benzene rings is 7. The second-order valence-electron chi connectivity index (χ2n) is 12.0. The zero-order chi connectivity index (χ0) is 31.6. The van der Waals surface area contributed by atoms with E-state index in [0.29, 0.717) is 5.89 Å². The number of furan rings is 1. The molecule has 7 aromatic carbocycles. The fourth-order valence-electron chi connectivity index (χ4n) is 6.86. The molecule has 0 saturated carbocycles. The first-order chi connectivity index (χ1) is 23.8. The lowest BCUT2D eigenvalue weighted by Gasteiger charge is -2.25. The van der Waals surface area contributed by atoms with Gasteiger partial charge in [0.25, 0.3) is 0 Å². The molecule has 0 aliphatic carbocycles. The first-order valence-electron chi connectivity index (χ1n) is 15.9. The second-order valence-corrected chi connectivity index (χ2v) is 13.1. The Kier molecular flexibility index (Phi) is 6.01. The second kappa shape index (κ2) is 10.7. The smallest absolute Gasteiger partial charge is 0.227 e. The maximum Gasteiger partial charge on any atom is 0.227 e. The molecular formula is C43H26N2O2S. The minimum atomic E-state index is 0.644. The van der Waals surface area contributed by atoms with Crippen LogP contribution in [0.15, 0.2) is 167 Å². The monoisotopic (exact) mass is 634 g/mol. The van der Waals surface area contributed by atoms with E-state index in [9.17, 15) is 0 Å². The number of anilines is 3. The van der Waals surface area contributed by atoms with Gasteiger partial charge in [0.05, 0.1) is 0 Å². The van der Waals surface area contributed by atoms with E-state index in [-0.39, 0.29) is 0 Å². The number of oxazole rings is 1. The Balaban J connectivity index is 1.08. The summed E-state index contributed by atoms with van der Waals surface area (Å²) in [6.07, 6.45) is 0. The maximum absolute atomic E-state index is 6.27. The molecular weight excluding hydrogens is 609 g/mol. The molecule has 226 valence electrons. The van der Waals surface area contributed by atoms with E-state index < -0.39 is 0 Å². The van der Waals surface area contributed by atoms with Crippen LogP contribution in [0.1, 0.15) is 0 Å². The average molecular weight is 635 g/mol. The minimum absolute atomic E-state index is 0.644.